The quantitative estimate of drug-likeness (QED) is 0.301. The third kappa shape index (κ3) is 4.76. The number of hydrogen-bond acceptors (Lipinski definition) is 5. The molecule has 1 amide bonds. The largest absolute Gasteiger partial charge is 0.460 e. The van der Waals surface area contributed by atoms with Gasteiger partial charge in [-0.25, -0.2) is 0 Å². The molecule has 0 unspecified atom stereocenters. The Balaban J connectivity index is 1.41. The zero-order chi connectivity index (χ0) is 23.3. The van der Waals surface area contributed by atoms with Crippen LogP contribution in [0.5, 0.6) is 0 Å². The average Bonchev–Trinajstić information content (AvgIpc) is 3.29. The number of aryl methyl sites for hydroxylation is 2. The molecule has 0 fully saturated rings. The lowest BCUT2D eigenvalue weighted by Crippen LogP contribution is -2.26. The first-order valence-corrected chi connectivity index (χ1v) is 11.5. The van der Waals surface area contributed by atoms with E-state index in [0.717, 1.165) is 47.4 Å². The van der Waals surface area contributed by atoms with Gasteiger partial charge in [0.25, 0.3) is 5.91 Å². The number of aromatic nitrogens is 1. The van der Waals surface area contributed by atoms with Crippen LogP contribution in [0.2, 0.25) is 0 Å². The number of anilines is 1. The highest BCUT2D eigenvalue weighted by Crippen LogP contribution is 2.38. The van der Waals surface area contributed by atoms with Gasteiger partial charge >= 0.3 is 0 Å². The van der Waals surface area contributed by atoms with Crippen molar-refractivity contribution in [1.82, 2.24) is 10.3 Å². The molecule has 0 saturated carbocycles. The molecule has 6 heteroatoms. The number of nitrogens with one attached hydrogen (secondary N) is 2. The van der Waals surface area contributed by atoms with Gasteiger partial charge in [0, 0.05) is 30.1 Å². The van der Waals surface area contributed by atoms with Gasteiger partial charge in [0.1, 0.15) is 11.5 Å². The molecule has 170 valence electrons. The Morgan fingerprint density at radius 2 is 1.97 bits per heavy atom. The van der Waals surface area contributed by atoms with Gasteiger partial charge in [-0.15, -0.1) is 0 Å². The molecular weight excluding hydrogens is 424 g/mol. The van der Waals surface area contributed by atoms with E-state index in [4.69, 9.17) is 4.42 Å². The smallest absolute Gasteiger partial charge is 0.251 e. The van der Waals surface area contributed by atoms with E-state index in [1.54, 1.807) is 6.21 Å². The maximum Gasteiger partial charge on any atom is 0.251 e. The van der Waals surface area contributed by atoms with E-state index in [0.29, 0.717) is 17.9 Å². The van der Waals surface area contributed by atoms with Gasteiger partial charge < -0.3 is 9.73 Å². The Morgan fingerprint density at radius 3 is 2.79 bits per heavy atom. The first-order valence-electron chi connectivity index (χ1n) is 11.5. The molecule has 2 aromatic carbocycles. The van der Waals surface area contributed by atoms with Gasteiger partial charge in [0.15, 0.2) is 0 Å². The summed E-state index contributed by atoms with van der Waals surface area (Å²) in [6, 6.07) is 19.8. The number of amides is 1. The maximum atomic E-state index is 13.1. The van der Waals surface area contributed by atoms with Crippen molar-refractivity contribution < 1.29 is 9.21 Å². The number of furan rings is 1. The summed E-state index contributed by atoms with van der Waals surface area (Å²) in [5, 5.41) is 7.43. The van der Waals surface area contributed by atoms with Crippen LogP contribution in [-0.2, 0) is 19.3 Å². The van der Waals surface area contributed by atoms with Crippen LogP contribution in [0.1, 0.15) is 38.6 Å². The molecule has 2 heterocycles. The lowest BCUT2D eigenvalue weighted by atomic mass is 9.84. The minimum Gasteiger partial charge on any atom is -0.460 e. The van der Waals surface area contributed by atoms with Crippen LogP contribution in [0.25, 0.3) is 11.1 Å². The van der Waals surface area contributed by atoms with Crippen LogP contribution < -0.4 is 10.7 Å². The third-order valence-electron chi connectivity index (χ3n) is 6.04. The Bertz CT molecular complexity index is 1340. The van der Waals surface area contributed by atoms with Gasteiger partial charge in [-0.3, -0.25) is 15.2 Å². The predicted molar refractivity (Wildman–Crippen MR) is 134 cm³/mol. The van der Waals surface area contributed by atoms with Gasteiger partial charge in [-0.05, 0) is 78.8 Å². The maximum absolute atomic E-state index is 13.1. The molecule has 4 aromatic rings. The van der Waals surface area contributed by atoms with Crippen molar-refractivity contribution in [3.63, 3.8) is 0 Å². The molecule has 6 nitrogen and oxygen atoms in total. The van der Waals surface area contributed by atoms with E-state index in [-0.39, 0.29) is 5.91 Å². The second-order valence-corrected chi connectivity index (χ2v) is 8.39. The van der Waals surface area contributed by atoms with E-state index >= 15 is 0 Å². The van der Waals surface area contributed by atoms with Gasteiger partial charge in [-0.1, -0.05) is 30.3 Å². The van der Waals surface area contributed by atoms with E-state index < -0.39 is 0 Å². The zero-order valence-electron chi connectivity index (χ0n) is 19.0. The van der Waals surface area contributed by atoms with Crippen molar-refractivity contribution in [1.29, 1.82) is 0 Å². The number of carbonyl (C=O) groups excluding carboxylic acids is 1. The molecule has 1 aliphatic carbocycles. The lowest BCUT2D eigenvalue weighted by Gasteiger charge is -2.23. The highest BCUT2D eigenvalue weighted by Gasteiger charge is 2.21. The van der Waals surface area contributed by atoms with Crippen molar-refractivity contribution in [3.05, 3.63) is 107 Å². The summed E-state index contributed by atoms with van der Waals surface area (Å²) in [6.45, 7) is 2.46. The van der Waals surface area contributed by atoms with Crippen LogP contribution in [0, 0.1) is 6.92 Å². The van der Waals surface area contributed by atoms with Crippen LogP contribution in [0.15, 0.2) is 82.6 Å². The predicted octanol–water partition coefficient (Wildman–Crippen LogP) is 5.17. The summed E-state index contributed by atoms with van der Waals surface area (Å²) in [4.78, 5) is 17.4. The first-order chi connectivity index (χ1) is 16.7. The summed E-state index contributed by atoms with van der Waals surface area (Å²) < 4.78 is 5.56. The minimum absolute atomic E-state index is 0.108. The molecule has 0 bridgehead atoms. The molecule has 0 aliphatic heterocycles. The fourth-order valence-electron chi connectivity index (χ4n) is 4.31. The van der Waals surface area contributed by atoms with E-state index in [9.17, 15) is 4.79 Å². The summed E-state index contributed by atoms with van der Waals surface area (Å²) in [7, 11) is 0. The zero-order valence-corrected chi connectivity index (χ0v) is 19.0. The number of benzene rings is 2. The fraction of sp³-hybridized carbons (Fsp3) is 0.179. The SMILES string of the molecule is Cc1ccc(/C=N/Nc2cc(C(=O)NCCc3ccccc3)cc3c2CCc2ccncc2-3)o1. The van der Waals surface area contributed by atoms with Crippen molar-refractivity contribution >= 4 is 17.8 Å². The topological polar surface area (TPSA) is 79.5 Å². The molecule has 0 saturated heterocycles. The summed E-state index contributed by atoms with van der Waals surface area (Å²) in [5.74, 6) is 1.39. The molecule has 0 atom stereocenters. The van der Waals surface area contributed by atoms with Gasteiger partial charge in [0.2, 0.25) is 0 Å². The Labute approximate surface area is 198 Å². The van der Waals surface area contributed by atoms with Crippen molar-refractivity contribution in [2.24, 2.45) is 5.10 Å². The number of nitrogens with zero attached hydrogens (tertiary/aromatic N) is 2. The number of carbonyl (C=O) groups is 1. The van der Waals surface area contributed by atoms with E-state index in [1.165, 1.54) is 11.1 Å². The number of hydrazone groups is 1. The lowest BCUT2D eigenvalue weighted by molar-refractivity contribution is 0.0954. The molecule has 5 rings (SSSR count). The van der Waals surface area contributed by atoms with Crippen LogP contribution >= 0.6 is 0 Å². The van der Waals surface area contributed by atoms with Crippen LogP contribution in [0.3, 0.4) is 0 Å². The Morgan fingerprint density at radius 1 is 1.09 bits per heavy atom. The average molecular weight is 451 g/mol. The number of rotatable bonds is 7. The number of fused-ring (bicyclic) bond motifs is 3. The molecule has 0 radical (unpaired) electrons. The molecule has 1 aliphatic rings. The van der Waals surface area contributed by atoms with Crippen molar-refractivity contribution in [2.45, 2.75) is 26.2 Å². The fourth-order valence-corrected chi connectivity index (χ4v) is 4.31. The first kappa shape index (κ1) is 21.6. The van der Waals surface area contributed by atoms with E-state index in [2.05, 4.69) is 39.0 Å². The number of pyridine rings is 1. The highest BCUT2D eigenvalue weighted by atomic mass is 16.3. The number of hydrogen-bond donors (Lipinski definition) is 2. The van der Waals surface area contributed by atoms with Crippen molar-refractivity contribution in [2.75, 3.05) is 12.0 Å². The minimum atomic E-state index is -0.108. The molecule has 2 aromatic heterocycles. The second kappa shape index (κ2) is 9.75. The normalized spacial score (nSPS) is 12.3. The van der Waals surface area contributed by atoms with E-state index in [1.807, 2.05) is 61.8 Å². The summed E-state index contributed by atoms with van der Waals surface area (Å²) in [6.07, 6.45) is 7.90. The van der Waals surface area contributed by atoms with Crippen LogP contribution in [0.4, 0.5) is 5.69 Å². The Hall–Kier alpha value is -4.19. The molecule has 34 heavy (non-hydrogen) atoms. The molecule has 2 N–H and O–H groups in total. The summed E-state index contributed by atoms with van der Waals surface area (Å²) in [5.41, 5.74) is 10.2. The standard InChI is InChI=1S/C28H26N4O2/c1-19-7-9-23(34-19)17-31-32-27-16-22(28(33)30-14-11-20-5-3-2-4-6-20)15-25-24(27)10-8-21-12-13-29-18-26(21)25/h2-7,9,12-13,15-18,32H,8,10-11,14H2,1H3,(H,30,33)/b31-17+. The van der Waals surface area contributed by atoms with Crippen molar-refractivity contribution in [3.8, 4) is 11.1 Å². The highest BCUT2D eigenvalue weighted by molar-refractivity contribution is 5.98. The second-order valence-electron chi connectivity index (χ2n) is 8.39. The van der Waals surface area contributed by atoms with Crippen LogP contribution in [-0.4, -0.2) is 23.7 Å². The van der Waals surface area contributed by atoms with Gasteiger partial charge in [0.05, 0.1) is 11.9 Å². The molecular formula is C28H26N4O2. The summed E-state index contributed by atoms with van der Waals surface area (Å²) >= 11 is 0. The van der Waals surface area contributed by atoms with Gasteiger partial charge in [-0.2, -0.15) is 5.10 Å². The Kier molecular flexibility index (Phi) is 6.21. The molecule has 0 spiro atoms. The third-order valence-corrected chi connectivity index (χ3v) is 6.04. The monoisotopic (exact) mass is 450 g/mol.